The molecular weight excluding hydrogens is 246 g/mol. The van der Waals surface area contributed by atoms with E-state index in [9.17, 15) is 0 Å². The lowest BCUT2D eigenvalue weighted by molar-refractivity contribution is 0.234. The summed E-state index contributed by atoms with van der Waals surface area (Å²) in [5.74, 6) is 0. The molecule has 1 atom stereocenters. The summed E-state index contributed by atoms with van der Waals surface area (Å²) in [6.07, 6.45) is 11.0. The predicted octanol–water partition coefficient (Wildman–Crippen LogP) is 2.98. The molecule has 106 valence electrons. The van der Waals surface area contributed by atoms with Crippen LogP contribution < -0.4 is 0 Å². The Morgan fingerprint density at radius 1 is 1.15 bits per heavy atom. The molecule has 1 aromatic heterocycles. The summed E-state index contributed by atoms with van der Waals surface area (Å²) < 4.78 is 2.17. The first kappa shape index (κ1) is 13.4. The van der Waals surface area contributed by atoms with Gasteiger partial charge in [0, 0.05) is 31.5 Å². The van der Waals surface area contributed by atoms with E-state index >= 15 is 0 Å². The third-order valence-corrected chi connectivity index (χ3v) is 4.31. The van der Waals surface area contributed by atoms with Crippen LogP contribution in [-0.4, -0.2) is 33.6 Å². The molecule has 1 fully saturated rings. The maximum Gasteiger partial charge on any atom is 0.0946 e. The van der Waals surface area contributed by atoms with E-state index in [1.54, 1.807) is 0 Å². The largest absolute Gasteiger partial charge is 0.336 e. The van der Waals surface area contributed by atoms with Gasteiger partial charge in [-0.05, 0) is 37.8 Å². The van der Waals surface area contributed by atoms with Crippen molar-refractivity contribution < 1.29 is 0 Å². The summed E-state index contributed by atoms with van der Waals surface area (Å²) in [6, 6.07) is 11.6. The molecule has 1 aliphatic rings. The van der Waals surface area contributed by atoms with Crippen molar-refractivity contribution in [3.63, 3.8) is 0 Å². The van der Waals surface area contributed by atoms with Gasteiger partial charge in [0.25, 0.3) is 0 Å². The van der Waals surface area contributed by atoms with Crippen molar-refractivity contribution in [2.45, 2.75) is 38.3 Å². The average Bonchev–Trinajstić information content (AvgIpc) is 3.15. The van der Waals surface area contributed by atoms with Crippen LogP contribution in [0.4, 0.5) is 0 Å². The Morgan fingerprint density at radius 3 is 2.85 bits per heavy atom. The van der Waals surface area contributed by atoms with Crippen LogP contribution in [0, 0.1) is 0 Å². The van der Waals surface area contributed by atoms with Gasteiger partial charge in [0.15, 0.2) is 0 Å². The quantitative estimate of drug-likeness (QED) is 0.804. The van der Waals surface area contributed by atoms with Crippen molar-refractivity contribution in [2.75, 3.05) is 13.1 Å². The number of nitrogens with zero attached hydrogens (tertiary/aromatic N) is 3. The Hall–Kier alpha value is -1.61. The number of benzene rings is 1. The minimum absolute atomic E-state index is 0.763. The molecule has 3 nitrogen and oxygen atoms in total. The number of hydrogen-bond donors (Lipinski definition) is 0. The normalized spacial score (nSPS) is 19.5. The zero-order valence-electron chi connectivity index (χ0n) is 12.0. The van der Waals surface area contributed by atoms with Crippen molar-refractivity contribution in [2.24, 2.45) is 0 Å². The zero-order valence-corrected chi connectivity index (χ0v) is 12.0. The molecule has 0 radical (unpaired) electrons. The first-order valence-corrected chi connectivity index (χ1v) is 7.65. The highest BCUT2D eigenvalue weighted by atomic mass is 15.2. The third-order valence-electron chi connectivity index (χ3n) is 4.31. The second-order valence-electron chi connectivity index (χ2n) is 5.66. The van der Waals surface area contributed by atoms with Gasteiger partial charge in [-0.15, -0.1) is 0 Å². The van der Waals surface area contributed by atoms with Gasteiger partial charge in [0.05, 0.1) is 6.33 Å². The number of hydrogen-bond acceptors (Lipinski definition) is 2. The Labute approximate surface area is 121 Å². The maximum atomic E-state index is 4.11. The van der Waals surface area contributed by atoms with Crippen molar-refractivity contribution in [1.82, 2.24) is 14.5 Å². The van der Waals surface area contributed by atoms with Crippen molar-refractivity contribution in [3.05, 3.63) is 54.6 Å². The molecule has 0 bridgehead atoms. The van der Waals surface area contributed by atoms with E-state index in [1.165, 1.54) is 37.8 Å². The maximum absolute atomic E-state index is 4.11. The lowest BCUT2D eigenvalue weighted by atomic mass is 10.0. The molecule has 0 amide bonds. The summed E-state index contributed by atoms with van der Waals surface area (Å²) in [4.78, 5) is 6.76. The molecule has 0 N–H and O–H groups in total. The van der Waals surface area contributed by atoms with Gasteiger partial charge in [0.2, 0.25) is 0 Å². The van der Waals surface area contributed by atoms with E-state index in [0.29, 0.717) is 0 Å². The summed E-state index contributed by atoms with van der Waals surface area (Å²) in [6.45, 7) is 3.46. The first-order valence-electron chi connectivity index (χ1n) is 7.65. The highest BCUT2D eigenvalue weighted by Crippen LogP contribution is 2.21. The molecular formula is C17H23N3. The summed E-state index contributed by atoms with van der Waals surface area (Å²) in [5, 5.41) is 0. The Bertz CT molecular complexity index is 492. The summed E-state index contributed by atoms with van der Waals surface area (Å²) in [5.41, 5.74) is 1.47. The van der Waals surface area contributed by atoms with Crippen LogP contribution in [0.15, 0.2) is 49.1 Å². The molecule has 0 spiro atoms. The van der Waals surface area contributed by atoms with E-state index in [1.807, 2.05) is 12.5 Å². The summed E-state index contributed by atoms with van der Waals surface area (Å²) in [7, 11) is 0. The van der Waals surface area contributed by atoms with E-state index in [4.69, 9.17) is 0 Å². The van der Waals surface area contributed by atoms with Crippen molar-refractivity contribution >= 4 is 0 Å². The number of rotatable bonds is 6. The second-order valence-corrected chi connectivity index (χ2v) is 5.66. The molecule has 3 rings (SSSR count). The van der Waals surface area contributed by atoms with Crippen LogP contribution >= 0.6 is 0 Å². The molecule has 3 heteroatoms. The van der Waals surface area contributed by atoms with Gasteiger partial charge < -0.3 is 4.57 Å². The molecule has 0 aliphatic carbocycles. The van der Waals surface area contributed by atoms with Crippen LogP contribution in [0.5, 0.6) is 0 Å². The standard InChI is InChI=1S/C17H23N3/c1-2-5-16(6-3-1)8-9-17-7-4-11-20(17)14-13-19-12-10-18-15-19/h1-3,5-6,10,12,15,17H,4,7-9,11,13-14H2. The molecule has 1 saturated heterocycles. The molecule has 1 aromatic carbocycles. The summed E-state index contributed by atoms with van der Waals surface area (Å²) >= 11 is 0. The topological polar surface area (TPSA) is 21.1 Å². The monoisotopic (exact) mass is 269 g/mol. The SMILES string of the molecule is c1ccc(CCC2CCCN2CCn2ccnc2)cc1. The highest BCUT2D eigenvalue weighted by molar-refractivity contribution is 5.14. The molecule has 1 aliphatic heterocycles. The number of aryl methyl sites for hydroxylation is 1. The van der Waals surface area contributed by atoms with E-state index in [-0.39, 0.29) is 0 Å². The van der Waals surface area contributed by atoms with Crippen molar-refractivity contribution in [1.29, 1.82) is 0 Å². The number of likely N-dealkylation sites (tertiary alicyclic amines) is 1. The van der Waals surface area contributed by atoms with E-state index in [0.717, 1.165) is 19.1 Å². The molecule has 2 heterocycles. The predicted molar refractivity (Wildman–Crippen MR) is 81.6 cm³/mol. The third kappa shape index (κ3) is 3.48. The van der Waals surface area contributed by atoms with Crippen molar-refractivity contribution in [3.8, 4) is 0 Å². The Balaban J connectivity index is 1.48. The molecule has 2 aromatic rings. The highest BCUT2D eigenvalue weighted by Gasteiger charge is 2.23. The molecule has 1 unspecified atom stereocenters. The van der Waals surface area contributed by atoms with E-state index in [2.05, 4.69) is 51.0 Å². The van der Waals surface area contributed by atoms with Crippen LogP contribution in [0.2, 0.25) is 0 Å². The van der Waals surface area contributed by atoms with Gasteiger partial charge >= 0.3 is 0 Å². The van der Waals surface area contributed by atoms with Crippen LogP contribution in [0.3, 0.4) is 0 Å². The van der Waals surface area contributed by atoms with Gasteiger partial charge in [-0.3, -0.25) is 4.90 Å². The smallest absolute Gasteiger partial charge is 0.0946 e. The minimum atomic E-state index is 0.763. The van der Waals surface area contributed by atoms with Crippen LogP contribution in [-0.2, 0) is 13.0 Å². The Kier molecular flexibility index (Phi) is 4.49. The Morgan fingerprint density at radius 2 is 2.05 bits per heavy atom. The lowest BCUT2D eigenvalue weighted by Crippen LogP contribution is -2.32. The fourth-order valence-corrected chi connectivity index (χ4v) is 3.16. The van der Waals surface area contributed by atoms with Gasteiger partial charge in [-0.1, -0.05) is 30.3 Å². The fourth-order valence-electron chi connectivity index (χ4n) is 3.16. The van der Waals surface area contributed by atoms with Gasteiger partial charge in [-0.25, -0.2) is 4.98 Å². The van der Waals surface area contributed by atoms with Gasteiger partial charge in [0.1, 0.15) is 0 Å². The van der Waals surface area contributed by atoms with Crippen LogP contribution in [0.25, 0.3) is 0 Å². The number of imidazole rings is 1. The molecule has 0 saturated carbocycles. The fraction of sp³-hybridized carbons (Fsp3) is 0.471. The minimum Gasteiger partial charge on any atom is -0.336 e. The zero-order chi connectivity index (χ0) is 13.6. The number of aromatic nitrogens is 2. The second kappa shape index (κ2) is 6.71. The lowest BCUT2D eigenvalue weighted by Gasteiger charge is -2.24. The van der Waals surface area contributed by atoms with Gasteiger partial charge in [-0.2, -0.15) is 0 Å². The molecule has 20 heavy (non-hydrogen) atoms. The van der Waals surface area contributed by atoms with E-state index < -0.39 is 0 Å². The first-order chi connectivity index (χ1) is 9.92. The average molecular weight is 269 g/mol. The van der Waals surface area contributed by atoms with Crippen LogP contribution in [0.1, 0.15) is 24.8 Å².